The number of rotatable bonds is 1. The van der Waals surface area contributed by atoms with Crippen molar-refractivity contribution in [3.63, 3.8) is 0 Å². The lowest BCUT2D eigenvalue weighted by Gasteiger charge is -1.91. The van der Waals surface area contributed by atoms with E-state index in [4.69, 9.17) is 0 Å². The van der Waals surface area contributed by atoms with Crippen molar-refractivity contribution in [1.82, 2.24) is 11.1 Å². The van der Waals surface area contributed by atoms with Gasteiger partial charge in [0, 0.05) is 6.07 Å². The Kier molecular flexibility index (Phi) is 3.11. The lowest BCUT2D eigenvalue weighted by molar-refractivity contribution is -0.599. The summed E-state index contributed by atoms with van der Waals surface area (Å²) in [4.78, 5) is 4.21. The van der Waals surface area contributed by atoms with Crippen LogP contribution in [0, 0.1) is 0 Å². The molecule has 2 aromatic rings. The summed E-state index contributed by atoms with van der Waals surface area (Å²) in [6.07, 6.45) is 5.74. The minimum atomic E-state index is 0. The normalized spacial score (nSPS) is 8.92. The van der Waals surface area contributed by atoms with E-state index < -0.39 is 0 Å². The third-order valence-electron chi connectivity index (χ3n) is 1.63. The van der Waals surface area contributed by atoms with Gasteiger partial charge < -0.3 is 6.15 Å². The van der Waals surface area contributed by atoms with Crippen LogP contribution in [-0.2, 0) is 0 Å². The van der Waals surface area contributed by atoms with E-state index >= 15 is 0 Å². The Labute approximate surface area is 77.3 Å². The van der Waals surface area contributed by atoms with Crippen LogP contribution >= 0.6 is 0 Å². The van der Waals surface area contributed by atoms with Crippen LogP contribution in [0.5, 0.6) is 0 Å². The Morgan fingerprint density at radius 3 is 2.31 bits per heavy atom. The van der Waals surface area contributed by atoms with Gasteiger partial charge in [-0.05, 0) is 23.2 Å². The van der Waals surface area contributed by atoms with Gasteiger partial charge in [0.2, 0.25) is 0 Å². The molecule has 0 unspecified atom stereocenters. The first-order valence-electron chi connectivity index (χ1n) is 3.84. The van der Waals surface area contributed by atoms with Crippen molar-refractivity contribution in [3.05, 3.63) is 55.0 Å². The zero-order valence-corrected chi connectivity index (χ0v) is 7.30. The minimum Gasteiger partial charge on any atom is -0.344 e. The Hall–Kier alpha value is -1.74. The largest absolute Gasteiger partial charge is 0.344 e. The molecule has 0 aliphatic heterocycles. The summed E-state index contributed by atoms with van der Waals surface area (Å²) in [5.41, 5.74) is 0. The Morgan fingerprint density at radius 2 is 1.69 bits per heavy atom. The van der Waals surface area contributed by atoms with Crippen molar-refractivity contribution in [1.29, 1.82) is 0 Å². The zero-order chi connectivity index (χ0) is 8.23. The summed E-state index contributed by atoms with van der Waals surface area (Å²) in [6.45, 7) is 0. The van der Waals surface area contributed by atoms with Crippen molar-refractivity contribution < 1.29 is 4.57 Å². The van der Waals surface area contributed by atoms with Crippen LogP contribution < -0.4 is 10.7 Å². The van der Waals surface area contributed by atoms with Gasteiger partial charge >= 0.3 is 5.82 Å². The van der Waals surface area contributed by atoms with Crippen molar-refractivity contribution in [2.24, 2.45) is 0 Å². The molecule has 3 heteroatoms. The van der Waals surface area contributed by atoms with Gasteiger partial charge in [-0.2, -0.15) is 0 Å². The second-order valence-corrected chi connectivity index (χ2v) is 2.47. The smallest absolute Gasteiger partial charge is 0.327 e. The van der Waals surface area contributed by atoms with Gasteiger partial charge in [0.1, 0.15) is 6.20 Å². The molecule has 2 rings (SSSR count). The highest BCUT2D eigenvalue weighted by Gasteiger charge is 2.01. The maximum atomic E-state index is 4.21. The molecule has 0 bridgehead atoms. The number of hydrogen-bond acceptors (Lipinski definition) is 2. The van der Waals surface area contributed by atoms with Crippen molar-refractivity contribution in [2.45, 2.75) is 0 Å². The molecule has 0 aliphatic carbocycles. The van der Waals surface area contributed by atoms with Crippen LogP contribution in [0.1, 0.15) is 0 Å². The van der Waals surface area contributed by atoms with Crippen LogP contribution in [0.4, 0.5) is 0 Å². The Balaban J connectivity index is 0.000000845. The molecule has 0 aromatic carbocycles. The van der Waals surface area contributed by atoms with Gasteiger partial charge in [0.15, 0.2) is 0 Å². The molecule has 3 nitrogen and oxygen atoms in total. The van der Waals surface area contributed by atoms with Crippen LogP contribution in [0.15, 0.2) is 55.0 Å². The van der Waals surface area contributed by atoms with E-state index in [9.17, 15) is 0 Å². The molecule has 0 fully saturated rings. The maximum Gasteiger partial charge on any atom is 0.327 e. The average molecular weight is 174 g/mol. The highest BCUT2D eigenvalue weighted by atomic mass is 15.0. The van der Waals surface area contributed by atoms with E-state index in [2.05, 4.69) is 4.98 Å². The molecule has 13 heavy (non-hydrogen) atoms. The van der Waals surface area contributed by atoms with Gasteiger partial charge in [-0.25, -0.2) is 4.57 Å². The van der Waals surface area contributed by atoms with Gasteiger partial charge in [-0.1, -0.05) is 12.1 Å². The molecule has 66 valence electrons. The zero-order valence-electron chi connectivity index (χ0n) is 7.30. The fraction of sp³-hybridized carbons (Fsp3) is 0. The molecule has 2 heterocycles. The molecular weight excluding hydrogens is 162 g/mol. The SMILES string of the molecule is N.c1cc[n+](-c2ccccn2)cc1. The summed E-state index contributed by atoms with van der Waals surface area (Å²) < 4.78 is 1.97. The molecule has 0 radical (unpaired) electrons. The fourth-order valence-corrected chi connectivity index (χ4v) is 1.06. The number of aromatic nitrogens is 2. The van der Waals surface area contributed by atoms with Crippen molar-refractivity contribution >= 4 is 0 Å². The summed E-state index contributed by atoms with van der Waals surface area (Å²) >= 11 is 0. The molecule has 3 N–H and O–H groups in total. The lowest BCUT2D eigenvalue weighted by atomic mass is 10.4. The third kappa shape index (κ3) is 2.10. The van der Waals surface area contributed by atoms with E-state index in [1.165, 1.54) is 0 Å². The van der Waals surface area contributed by atoms with Gasteiger partial charge in [0.25, 0.3) is 0 Å². The standard InChI is InChI=1S/C10H9N2.H3N/c1-4-8-12(9-5-1)10-6-2-3-7-11-10;/h1-9H;1H3/q+1;. The van der Waals surface area contributed by atoms with Crippen molar-refractivity contribution in [3.8, 4) is 5.82 Å². The molecule has 2 aromatic heterocycles. The monoisotopic (exact) mass is 174 g/mol. The molecule has 0 saturated heterocycles. The number of nitrogens with zero attached hydrogens (tertiary/aromatic N) is 2. The van der Waals surface area contributed by atoms with E-state index in [1.807, 2.05) is 53.4 Å². The number of pyridine rings is 2. The first-order chi connectivity index (χ1) is 5.97. The molecule has 0 atom stereocenters. The van der Waals surface area contributed by atoms with Crippen molar-refractivity contribution in [2.75, 3.05) is 0 Å². The predicted octanol–water partition coefficient (Wildman–Crippen LogP) is 1.52. The van der Waals surface area contributed by atoms with E-state index in [0.29, 0.717) is 0 Å². The number of hydrogen-bond donors (Lipinski definition) is 1. The molecule has 0 saturated carbocycles. The molecule has 0 spiro atoms. The fourth-order valence-electron chi connectivity index (χ4n) is 1.06. The molecule has 0 amide bonds. The second-order valence-electron chi connectivity index (χ2n) is 2.47. The average Bonchev–Trinajstić information content (AvgIpc) is 2.21. The van der Waals surface area contributed by atoms with Crippen LogP contribution in [-0.4, -0.2) is 4.98 Å². The molecular formula is C10H12N3+. The predicted molar refractivity (Wildman–Crippen MR) is 50.8 cm³/mol. The van der Waals surface area contributed by atoms with Gasteiger partial charge in [-0.3, -0.25) is 0 Å². The highest BCUT2D eigenvalue weighted by molar-refractivity contribution is 5.09. The first kappa shape index (κ1) is 9.35. The van der Waals surface area contributed by atoms with Gasteiger partial charge in [-0.15, -0.1) is 0 Å². The quantitative estimate of drug-likeness (QED) is 0.666. The Morgan fingerprint density at radius 1 is 0.923 bits per heavy atom. The van der Waals surface area contributed by atoms with Gasteiger partial charge in [0.05, 0.1) is 12.4 Å². The Bertz CT molecular complexity index is 308. The van der Waals surface area contributed by atoms with E-state index in [-0.39, 0.29) is 6.15 Å². The topological polar surface area (TPSA) is 51.8 Å². The van der Waals surface area contributed by atoms with Crippen LogP contribution in [0.3, 0.4) is 0 Å². The highest BCUT2D eigenvalue weighted by Crippen LogP contribution is 1.91. The summed E-state index contributed by atoms with van der Waals surface area (Å²) in [7, 11) is 0. The summed E-state index contributed by atoms with van der Waals surface area (Å²) in [5, 5.41) is 0. The van der Waals surface area contributed by atoms with E-state index in [1.54, 1.807) is 6.20 Å². The maximum absolute atomic E-state index is 4.21. The van der Waals surface area contributed by atoms with E-state index in [0.717, 1.165) is 5.82 Å². The first-order valence-corrected chi connectivity index (χ1v) is 3.84. The second kappa shape index (κ2) is 4.33. The van der Waals surface area contributed by atoms with Crippen LogP contribution in [0.25, 0.3) is 5.82 Å². The summed E-state index contributed by atoms with van der Waals surface area (Å²) in [6, 6.07) is 11.8. The summed E-state index contributed by atoms with van der Waals surface area (Å²) in [5.74, 6) is 0.943. The molecule has 0 aliphatic rings. The third-order valence-corrected chi connectivity index (χ3v) is 1.63. The lowest BCUT2D eigenvalue weighted by Crippen LogP contribution is -2.29. The minimum absolute atomic E-state index is 0. The van der Waals surface area contributed by atoms with Crippen LogP contribution in [0.2, 0.25) is 0 Å².